The average molecular weight is 293 g/mol. The Labute approximate surface area is 118 Å². The molecule has 0 saturated heterocycles. The number of carbonyl (C=O) groups excluding carboxylic acids is 1. The Hall–Kier alpha value is -1.20. The third-order valence-electron chi connectivity index (χ3n) is 2.57. The van der Waals surface area contributed by atoms with Crippen LogP contribution < -0.4 is 11.1 Å². The minimum absolute atomic E-state index is 0. The van der Waals surface area contributed by atoms with Crippen LogP contribution in [0.15, 0.2) is 18.2 Å². The molecule has 0 aliphatic carbocycles. The first-order valence-corrected chi connectivity index (χ1v) is 5.90. The maximum absolute atomic E-state index is 13.4. The lowest BCUT2D eigenvalue weighted by Gasteiger charge is -2.19. The van der Waals surface area contributed by atoms with Gasteiger partial charge in [0.1, 0.15) is 0 Å². The predicted molar refractivity (Wildman–Crippen MR) is 73.4 cm³/mol. The highest BCUT2D eigenvalue weighted by Crippen LogP contribution is 2.12. The van der Waals surface area contributed by atoms with Gasteiger partial charge in [0.05, 0.1) is 5.56 Å². The van der Waals surface area contributed by atoms with Crippen LogP contribution in [-0.2, 0) is 0 Å². The third-order valence-corrected chi connectivity index (χ3v) is 2.57. The van der Waals surface area contributed by atoms with Crippen molar-refractivity contribution in [1.82, 2.24) is 5.32 Å². The number of carbonyl (C=O) groups is 1. The van der Waals surface area contributed by atoms with Gasteiger partial charge in [-0.25, -0.2) is 8.78 Å². The molecule has 6 heteroatoms. The molecule has 0 bridgehead atoms. The summed E-state index contributed by atoms with van der Waals surface area (Å²) in [5, 5.41) is 2.61. The first-order valence-electron chi connectivity index (χ1n) is 5.90. The van der Waals surface area contributed by atoms with Crippen molar-refractivity contribution < 1.29 is 13.6 Å². The van der Waals surface area contributed by atoms with E-state index in [-0.39, 0.29) is 30.6 Å². The summed E-state index contributed by atoms with van der Waals surface area (Å²) < 4.78 is 26.4. The van der Waals surface area contributed by atoms with Gasteiger partial charge in [0, 0.05) is 12.6 Å². The maximum atomic E-state index is 13.4. The molecular formula is C13H19ClF2N2O. The lowest BCUT2D eigenvalue weighted by molar-refractivity contribution is 0.0928. The molecule has 3 N–H and O–H groups in total. The molecule has 1 rings (SSSR count). The Balaban J connectivity index is 0.00000324. The molecule has 1 amide bonds. The zero-order valence-corrected chi connectivity index (χ0v) is 11.8. The Kier molecular flexibility index (Phi) is 7.56. The van der Waals surface area contributed by atoms with E-state index in [9.17, 15) is 13.6 Å². The van der Waals surface area contributed by atoms with Crippen LogP contribution in [0.3, 0.4) is 0 Å². The second kappa shape index (κ2) is 8.07. The summed E-state index contributed by atoms with van der Waals surface area (Å²) in [6, 6.07) is 3.28. The zero-order valence-electron chi connectivity index (χ0n) is 11.0. The van der Waals surface area contributed by atoms with Gasteiger partial charge in [0.25, 0.3) is 5.91 Å². The Morgan fingerprint density at radius 1 is 1.37 bits per heavy atom. The van der Waals surface area contributed by atoms with E-state index in [0.29, 0.717) is 12.3 Å². The van der Waals surface area contributed by atoms with Crippen LogP contribution in [0.4, 0.5) is 8.78 Å². The van der Waals surface area contributed by atoms with Crippen LogP contribution in [0.5, 0.6) is 0 Å². The number of halogens is 3. The number of hydrogen-bond acceptors (Lipinski definition) is 2. The summed E-state index contributed by atoms with van der Waals surface area (Å²) in [4.78, 5) is 11.8. The summed E-state index contributed by atoms with van der Waals surface area (Å²) in [6.45, 7) is 4.26. The fraction of sp³-hybridized carbons (Fsp3) is 0.462. The molecule has 1 atom stereocenters. The lowest BCUT2D eigenvalue weighted by atomic mass is 10.0. The molecule has 3 nitrogen and oxygen atoms in total. The fourth-order valence-electron chi connectivity index (χ4n) is 1.73. The number of amides is 1. The second-order valence-corrected chi connectivity index (χ2v) is 4.64. The number of benzene rings is 1. The van der Waals surface area contributed by atoms with Crippen molar-refractivity contribution in [3.05, 3.63) is 35.4 Å². The van der Waals surface area contributed by atoms with Crippen LogP contribution >= 0.6 is 12.4 Å². The number of nitrogens with two attached hydrogens (primary N) is 1. The van der Waals surface area contributed by atoms with Gasteiger partial charge >= 0.3 is 0 Å². The van der Waals surface area contributed by atoms with E-state index in [1.54, 1.807) is 0 Å². The van der Waals surface area contributed by atoms with Crippen LogP contribution in [0.25, 0.3) is 0 Å². The van der Waals surface area contributed by atoms with E-state index in [0.717, 1.165) is 6.07 Å². The van der Waals surface area contributed by atoms with Gasteiger partial charge in [0.15, 0.2) is 11.6 Å². The summed E-state index contributed by atoms with van der Waals surface area (Å²) in [5.41, 5.74) is 5.24. The molecule has 0 aliphatic heterocycles. The number of nitrogens with one attached hydrogen (secondary N) is 1. The lowest BCUT2D eigenvalue weighted by Crippen LogP contribution is -2.41. The first kappa shape index (κ1) is 17.8. The molecule has 0 spiro atoms. The summed E-state index contributed by atoms with van der Waals surface area (Å²) in [6.07, 6.45) is 0.694. The summed E-state index contributed by atoms with van der Waals surface area (Å²) in [7, 11) is 0. The number of rotatable bonds is 5. The highest BCUT2D eigenvalue weighted by molar-refractivity contribution is 5.94. The molecule has 1 unspecified atom stereocenters. The van der Waals surface area contributed by atoms with Gasteiger partial charge in [-0.15, -0.1) is 12.4 Å². The van der Waals surface area contributed by atoms with Crippen molar-refractivity contribution in [2.45, 2.75) is 26.3 Å². The largest absolute Gasteiger partial charge is 0.348 e. The van der Waals surface area contributed by atoms with E-state index < -0.39 is 17.5 Å². The molecule has 0 radical (unpaired) electrons. The van der Waals surface area contributed by atoms with Crippen molar-refractivity contribution in [2.24, 2.45) is 11.7 Å². The monoisotopic (exact) mass is 292 g/mol. The Morgan fingerprint density at radius 2 is 2.00 bits per heavy atom. The predicted octanol–water partition coefficient (Wildman–Crippen LogP) is 2.49. The maximum Gasteiger partial charge on any atom is 0.254 e. The van der Waals surface area contributed by atoms with Crippen LogP contribution in [0.2, 0.25) is 0 Å². The standard InChI is InChI=1S/C13H18F2N2O.ClH/c1-8(2)6-9(7-16)17-13(18)10-4-3-5-11(14)12(10)15;/h3-5,8-9H,6-7,16H2,1-2H3,(H,17,18);1H. The van der Waals surface area contributed by atoms with Gasteiger partial charge < -0.3 is 11.1 Å². The van der Waals surface area contributed by atoms with Gasteiger partial charge in [-0.2, -0.15) is 0 Å². The SMILES string of the molecule is CC(C)CC(CN)NC(=O)c1cccc(F)c1F.Cl. The molecule has 0 aromatic heterocycles. The van der Waals surface area contributed by atoms with E-state index >= 15 is 0 Å². The highest BCUT2D eigenvalue weighted by atomic mass is 35.5. The summed E-state index contributed by atoms with van der Waals surface area (Å²) >= 11 is 0. The Morgan fingerprint density at radius 3 is 2.53 bits per heavy atom. The summed E-state index contributed by atoms with van der Waals surface area (Å²) in [5.74, 6) is -2.44. The molecule has 1 aromatic carbocycles. The quantitative estimate of drug-likeness (QED) is 0.876. The molecule has 0 saturated carbocycles. The fourth-order valence-corrected chi connectivity index (χ4v) is 1.73. The zero-order chi connectivity index (χ0) is 13.7. The molecular weight excluding hydrogens is 274 g/mol. The molecule has 19 heavy (non-hydrogen) atoms. The average Bonchev–Trinajstić information content (AvgIpc) is 2.31. The molecule has 0 heterocycles. The minimum atomic E-state index is -1.13. The smallest absolute Gasteiger partial charge is 0.254 e. The van der Waals surface area contributed by atoms with E-state index in [2.05, 4.69) is 5.32 Å². The molecule has 0 aliphatic rings. The van der Waals surface area contributed by atoms with Gasteiger partial charge in [-0.1, -0.05) is 19.9 Å². The molecule has 0 fully saturated rings. The number of hydrogen-bond donors (Lipinski definition) is 2. The van der Waals surface area contributed by atoms with E-state index in [4.69, 9.17) is 5.73 Å². The molecule has 1 aromatic rings. The highest BCUT2D eigenvalue weighted by Gasteiger charge is 2.18. The van der Waals surface area contributed by atoms with Gasteiger partial charge in [0.2, 0.25) is 0 Å². The van der Waals surface area contributed by atoms with Crippen molar-refractivity contribution >= 4 is 18.3 Å². The third kappa shape index (κ3) is 5.12. The van der Waals surface area contributed by atoms with Crippen molar-refractivity contribution in [3.8, 4) is 0 Å². The normalized spacial score (nSPS) is 11.9. The van der Waals surface area contributed by atoms with E-state index in [1.807, 2.05) is 13.8 Å². The molecule has 108 valence electrons. The topological polar surface area (TPSA) is 55.1 Å². The first-order chi connectivity index (χ1) is 8.45. The van der Waals surface area contributed by atoms with Crippen LogP contribution in [-0.4, -0.2) is 18.5 Å². The van der Waals surface area contributed by atoms with Crippen molar-refractivity contribution in [1.29, 1.82) is 0 Å². The van der Waals surface area contributed by atoms with E-state index in [1.165, 1.54) is 12.1 Å². The van der Waals surface area contributed by atoms with Gasteiger partial charge in [-0.3, -0.25) is 4.79 Å². The van der Waals surface area contributed by atoms with Crippen molar-refractivity contribution in [3.63, 3.8) is 0 Å². The second-order valence-electron chi connectivity index (χ2n) is 4.64. The van der Waals surface area contributed by atoms with Crippen LogP contribution in [0, 0.1) is 17.6 Å². The van der Waals surface area contributed by atoms with Crippen LogP contribution in [0.1, 0.15) is 30.6 Å². The minimum Gasteiger partial charge on any atom is -0.348 e. The van der Waals surface area contributed by atoms with Crippen molar-refractivity contribution in [2.75, 3.05) is 6.54 Å². The van der Waals surface area contributed by atoms with Gasteiger partial charge in [-0.05, 0) is 24.5 Å². The Bertz CT molecular complexity index is 427.